The van der Waals surface area contributed by atoms with Gasteiger partial charge in [0, 0.05) is 7.05 Å². The number of hydrogen-bond donors (Lipinski definition) is 3. The van der Waals surface area contributed by atoms with Gasteiger partial charge in [-0.15, -0.1) is 5.53 Å². The normalized spacial score (nSPS) is 17.2. The van der Waals surface area contributed by atoms with Crippen LogP contribution in [-0.2, 0) is 4.79 Å². The number of aliphatic carboxylic acids is 1. The molecule has 0 radical (unpaired) electrons. The fraction of sp³-hybridized carbons (Fsp3) is 0.364. The van der Waals surface area contributed by atoms with E-state index in [1.807, 2.05) is 27.0 Å². The van der Waals surface area contributed by atoms with Gasteiger partial charge in [0.15, 0.2) is 0 Å². The van der Waals surface area contributed by atoms with Crippen LogP contribution in [0.4, 0.5) is 0 Å². The number of carboxylic acid groups (broad SMARTS) is 1. The van der Waals surface area contributed by atoms with Gasteiger partial charge >= 0.3 is 5.97 Å². The minimum atomic E-state index is -0.929. The minimum Gasteiger partial charge on any atom is -0.478 e. The molecule has 0 aromatic carbocycles. The smallest absolute Gasteiger partial charge is 0.335 e. The van der Waals surface area contributed by atoms with Gasteiger partial charge in [-0.1, -0.05) is 19.1 Å². The van der Waals surface area contributed by atoms with Gasteiger partial charge in [-0.05, 0) is 19.4 Å². The zero-order chi connectivity index (χ0) is 12.1. The van der Waals surface area contributed by atoms with Crippen molar-refractivity contribution in [1.82, 2.24) is 16.0 Å². The lowest BCUT2D eigenvalue weighted by Gasteiger charge is -2.09. The van der Waals surface area contributed by atoms with E-state index in [1.165, 1.54) is 0 Å². The van der Waals surface area contributed by atoms with Crippen molar-refractivity contribution >= 4 is 5.97 Å². The maximum absolute atomic E-state index is 11.0. The van der Waals surface area contributed by atoms with E-state index in [4.69, 9.17) is 5.11 Å². The highest BCUT2D eigenvalue weighted by Gasteiger charge is 2.14. The maximum Gasteiger partial charge on any atom is 0.335 e. The molecule has 0 bridgehead atoms. The summed E-state index contributed by atoms with van der Waals surface area (Å²) in [6.07, 6.45) is 5.86. The predicted octanol–water partition coefficient (Wildman–Crippen LogP) is 1.15. The zero-order valence-corrected chi connectivity index (χ0v) is 9.74. The Morgan fingerprint density at radius 1 is 1.56 bits per heavy atom. The number of hydrazine groups is 2. The largest absolute Gasteiger partial charge is 0.478 e. The Hall–Kier alpha value is -1.75. The molecule has 1 aliphatic rings. The first-order valence-electron chi connectivity index (χ1n) is 5.14. The molecule has 0 atom stereocenters. The van der Waals surface area contributed by atoms with Crippen molar-refractivity contribution in [3.63, 3.8) is 0 Å². The number of carboxylic acids is 1. The van der Waals surface area contributed by atoms with E-state index in [9.17, 15) is 4.79 Å². The number of carbonyl (C=O) groups is 1. The Morgan fingerprint density at radius 2 is 2.25 bits per heavy atom. The van der Waals surface area contributed by atoms with E-state index >= 15 is 0 Å². The second-order valence-electron chi connectivity index (χ2n) is 3.51. The van der Waals surface area contributed by atoms with Crippen molar-refractivity contribution in [3.05, 3.63) is 35.2 Å². The molecule has 88 valence electrons. The van der Waals surface area contributed by atoms with Crippen LogP contribution < -0.4 is 11.0 Å². The molecule has 0 saturated carbocycles. The van der Waals surface area contributed by atoms with Crippen LogP contribution >= 0.6 is 0 Å². The summed E-state index contributed by atoms with van der Waals surface area (Å²) in [7, 11) is 1.85. The topological polar surface area (TPSA) is 64.6 Å². The van der Waals surface area contributed by atoms with Gasteiger partial charge < -0.3 is 10.5 Å². The highest BCUT2D eigenvalue weighted by molar-refractivity contribution is 5.90. The van der Waals surface area contributed by atoms with Crippen molar-refractivity contribution in [2.75, 3.05) is 7.05 Å². The molecule has 5 nitrogen and oxygen atoms in total. The van der Waals surface area contributed by atoms with E-state index in [0.717, 1.165) is 17.8 Å². The van der Waals surface area contributed by atoms with E-state index in [2.05, 4.69) is 11.0 Å². The molecule has 5 heteroatoms. The molecule has 0 amide bonds. The van der Waals surface area contributed by atoms with E-state index in [0.29, 0.717) is 0 Å². The first-order valence-corrected chi connectivity index (χ1v) is 5.14. The van der Waals surface area contributed by atoms with Gasteiger partial charge in [0.05, 0.1) is 17.0 Å². The molecule has 0 aliphatic carbocycles. The van der Waals surface area contributed by atoms with Crippen LogP contribution in [0.25, 0.3) is 0 Å². The first-order chi connectivity index (χ1) is 7.56. The maximum atomic E-state index is 11.0. The number of nitrogens with zero attached hydrogens (tertiary/aromatic N) is 1. The summed E-state index contributed by atoms with van der Waals surface area (Å²) in [5.74, 6) is -0.929. The average Bonchev–Trinajstić information content (AvgIpc) is 2.55. The van der Waals surface area contributed by atoms with Crippen LogP contribution in [0, 0.1) is 0 Å². The van der Waals surface area contributed by atoms with Crippen LogP contribution in [0.2, 0.25) is 0 Å². The molecule has 0 aromatic rings. The third-order valence-electron chi connectivity index (χ3n) is 2.33. The first kappa shape index (κ1) is 12.3. The van der Waals surface area contributed by atoms with Gasteiger partial charge in [-0.2, -0.15) is 0 Å². The molecule has 1 heterocycles. The van der Waals surface area contributed by atoms with Crippen molar-refractivity contribution < 1.29 is 9.90 Å². The number of allylic oxidation sites excluding steroid dienone is 3. The summed E-state index contributed by atoms with van der Waals surface area (Å²) in [5, 5.41) is 10.8. The molecule has 1 rings (SSSR count). The lowest BCUT2D eigenvalue weighted by molar-refractivity contribution is -0.132. The molecular weight excluding hydrogens is 206 g/mol. The highest BCUT2D eigenvalue weighted by Crippen LogP contribution is 2.12. The molecule has 3 N–H and O–H groups in total. The Labute approximate surface area is 95.1 Å². The second kappa shape index (κ2) is 5.37. The summed E-state index contributed by atoms with van der Waals surface area (Å²) in [6.45, 7) is 3.87. The fourth-order valence-electron chi connectivity index (χ4n) is 1.22. The SMILES string of the molecule is CC/C=C\C(=C/C1=C(C)N(C)NN1)C(=O)O. The summed E-state index contributed by atoms with van der Waals surface area (Å²) >= 11 is 0. The summed E-state index contributed by atoms with van der Waals surface area (Å²) in [5.41, 5.74) is 7.74. The summed E-state index contributed by atoms with van der Waals surface area (Å²) in [6, 6.07) is 0. The molecule has 16 heavy (non-hydrogen) atoms. The van der Waals surface area contributed by atoms with Gasteiger partial charge in [0.25, 0.3) is 0 Å². The van der Waals surface area contributed by atoms with Crippen LogP contribution in [0.3, 0.4) is 0 Å². The average molecular weight is 223 g/mol. The second-order valence-corrected chi connectivity index (χ2v) is 3.51. The molecule has 1 aliphatic heterocycles. The quantitative estimate of drug-likeness (QED) is 0.493. The highest BCUT2D eigenvalue weighted by atomic mass is 16.4. The standard InChI is InChI=1S/C11H17N3O2/c1-4-5-6-9(11(15)16)7-10-8(2)14(3)13-12-10/h5-7,12-13H,4H2,1-3H3,(H,15,16)/b6-5-,9-7+. The van der Waals surface area contributed by atoms with Gasteiger partial charge in [-0.3, -0.25) is 5.01 Å². The third kappa shape index (κ3) is 2.87. The number of nitrogens with one attached hydrogen (secondary N) is 2. The molecular formula is C11H17N3O2. The molecule has 0 spiro atoms. The van der Waals surface area contributed by atoms with Crippen LogP contribution in [0.1, 0.15) is 20.3 Å². The Morgan fingerprint density at radius 3 is 2.69 bits per heavy atom. The van der Waals surface area contributed by atoms with Crippen molar-refractivity contribution in [2.45, 2.75) is 20.3 Å². The number of rotatable bonds is 4. The summed E-state index contributed by atoms with van der Waals surface area (Å²) in [4.78, 5) is 11.0. The van der Waals surface area contributed by atoms with Gasteiger partial charge in [0.1, 0.15) is 0 Å². The Bertz CT molecular complexity index is 369. The van der Waals surface area contributed by atoms with Crippen molar-refractivity contribution in [1.29, 1.82) is 0 Å². The minimum absolute atomic E-state index is 0.265. The zero-order valence-electron chi connectivity index (χ0n) is 9.74. The van der Waals surface area contributed by atoms with Crippen molar-refractivity contribution in [2.24, 2.45) is 0 Å². The van der Waals surface area contributed by atoms with E-state index in [1.54, 1.807) is 17.2 Å². The molecule has 0 fully saturated rings. The van der Waals surface area contributed by atoms with Crippen LogP contribution in [0.5, 0.6) is 0 Å². The monoisotopic (exact) mass is 223 g/mol. The molecule has 0 unspecified atom stereocenters. The van der Waals surface area contributed by atoms with Gasteiger partial charge in [0.2, 0.25) is 0 Å². The third-order valence-corrected chi connectivity index (χ3v) is 2.33. The molecule has 0 aromatic heterocycles. The lowest BCUT2D eigenvalue weighted by Crippen LogP contribution is -2.34. The Kier molecular flexibility index (Phi) is 4.13. The summed E-state index contributed by atoms with van der Waals surface area (Å²) < 4.78 is 0. The van der Waals surface area contributed by atoms with Crippen LogP contribution in [0.15, 0.2) is 35.2 Å². The van der Waals surface area contributed by atoms with E-state index in [-0.39, 0.29) is 5.57 Å². The molecule has 0 saturated heterocycles. The van der Waals surface area contributed by atoms with Crippen molar-refractivity contribution in [3.8, 4) is 0 Å². The van der Waals surface area contributed by atoms with Gasteiger partial charge in [-0.25, -0.2) is 4.79 Å². The van der Waals surface area contributed by atoms with E-state index < -0.39 is 5.97 Å². The van der Waals surface area contributed by atoms with Crippen LogP contribution in [-0.4, -0.2) is 23.1 Å². The Balaban J connectivity index is 2.95. The number of hydrogen-bond acceptors (Lipinski definition) is 4. The fourth-order valence-corrected chi connectivity index (χ4v) is 1.22. The predicted molar refractivity (Wildman–Crippen MR) is 61.9 cm³/mol. The lowest BCUT2D eigenvalue weighted by atomic mass is 10.2.